The number of rotatable bonds is 8. The molecule has 1 fully saturated rings. The molecular weight excluding hydrogens is 500 g/mol. The summed E-state index contributed by atoms with van der Waals surface area (Å²) in [6.07, 6.45) is 7.93. The van der Waals surface area contributed by atoms with Crippen LogP contribution in [-0.4, -0.2) is 50.5 Å². The normalized spacial score (nSPS) is 17.8. The SMILES string of the molecule is Cc1cc(-n2cnnc2NC2CCc3cc4cnc(C5CC5)cc4c(S(=O)(=O)NCC(C)C)c3C2)n(C)n1. The van der Waals surface area contributed by atoms with E-state index >= 15 is 0 Å². The topological polar surface area (TPSA) is 120 Å². The summed E-state index contributed by atoms with van der Waals surface area (Å²) >= 11 is 0. The molecule has 0 bridgehead atoms. The predicted octanol–water partition coefficient (Wildman–Crippen LogP) is 3.64. The number of hydrogen-bond donors (Lipinski definition) is 2. The van der Waals surface area contributed by atoms with E-state index in [4.69, 9.17) is 0 Å². The molecule has 3 aromatic heterocycles. The molecule has 2 aliphatic carbocycles. The lowest BCUT2D eigenvalue weighted by atomic mass is 9.86. The van der Waals surface area contributed by atoms with Crippen LogP contribution in [-0.2, 0) is 29.9 Å². The first-order valence-electron chi connectivity index (χ1n) is 13.3. The molecule has 0 radical (unpaired) electrons. The largest absolute Gasteiger partial charge is 0.351 e. The van der Waals surface area contributed by atoms with E-state index < -0.39 is 10.0 Å². The van der Waals surface area contributed by atoms with Crippen molar-refractivity contribution in [3.8, 4) is 5.82 Å². The van der Waals surface area contributed by atoms with Gasteiger partial charge in [-0.15, -0.1) is 10.2 Å². The maximum atomic E-state index is 13.8. The fraction of sp³-hybridized carbons (Fsp3) is 0.481. The molecule has 3 heterocycles. The quantitative estimate of drug-likeness (QED) is 0.354. The van der Waals surface area contributed by atoms with Crippen LogP contribution in [0.2, 0.25) is 0 Å². The number of hydrogen-bond acceptors (Lipinski definition) is 7. The summed E-state index contributed by atoms with van der Waals surface area (Å²) in [5.74, 6) is 2.12. The molecule has 2 N–H and O–H groups in total. The van der Waals surface area contributed by atoms with E-state index in [2.05, 4.69) is 36.4 Å². The molecule has 10 nitrogen and oxygen atoms in total. The molecule has 1 aromatic carbocycles. The maximum Gasteiger partial charge on any atom is 0.241 e. The molecule has 0 aliphatic heterocycles. The Morgan fingerprint density at radius 3 is 2.68 bits per heavy atom. The predicted molar refractivity (Wildman–Crippen MR) is 146 cm³/mol. The van der Waals surface area contributed by atoms with Gasteiger partial charge in [0.1, 0.15) is 12.1 Å². The Labute approximate surface area is 222 Å². The van der Waals surface area contributed by atoms with E-state index in [1.807, 2.05) is 50.7 Å². The van der Waals surface area contributed by atoms with Crippen molar-refractivity contribution in [3.05, 3.63) is 53.2 Å². The third-order valence-corrected chi connectivity index (χ3v) is 9.01. The lowest BCUT2D eigenvalue weighted by Gasteiger charge is -2.29. The highest BCUT2D eigenvalue weighted by Gasteiger charge is 2.32. The number of nitrogens with one attached hydrogen (secondary N) is 2. The number of benzene rings is 1. The summed E-state index contributed by atoms with van der Waals surface area (Å²) in [4.78, 5) is 5.08. The Morgan fingerprint density at radius 1 is 1.16 bits per heavy atom. The Balaban J connectivity index is 1.39. The maximum absolute atomic E-state index is 13.8. The first-order chi connectivity index (χ1) is 18.2. The highest BCUT2D eigenvalue weighted by atomic mass is 32.2. The van der Waals surface area contributed by atoms with E-state index in [9.17, 15) is 8.42 Å². The number of pyridine rings is 1. The summed E-state index contributed by atoms with van der Waals surface area (Å²) < 4.78 is 34.2. The molecule has 0 spiro atoms. The number of anilines is 1. The highest BCUT2D eigenvalue weighted by molar-refractivity contribution is 7.89. The van der Waals surface area contributed by atoms with Crippen LogP contribution in [0.4, 0.5) is 5.95 Å². The van der Waals surface area contributed by atoms with Gasteiger partial charge in [-0.2, -0.15) is 5.10 Å². The van der Waals surface area contributed by atoms with E-state index in [1.165, 1.54) is 0 Å². The zero-order chi connectivity index (χ0) is 26.6. The van der Waals surface area contributed by atoms with Crippen molar-refractivity contribution in [1.29, 1.82) is 0 Å². The number of fused-ring (bicyclic) bond motifs is 2. The van der Waals surface area contributed by atoms with Gasteiger partial charge in [-0.05, 0) is 68.2 Å². The van der Waals surface area contributed by atoms with Crippen molar-refractivity contribution >= 4 is 26.7 Å². The van der Waals surface area contributed by atoms with Crippen LogP contribution >= 0.6 is 0 Å². The summed E-state index contributed by atoms with van der Waals surface area (Å²) in [6.45, 7) is 6.36. The van der Waals surface area contributed by atoms with Gasteiger partial charge >= 0.3 is 0 Å². The zero-order valence-electron chi connectivity index (χ0n) is 22.3. The van der Waals surface area contributed by atoms with Crippen LogP contribution in [0, 0.1) is 12.8 Å². The van der Waals surface area contributed by atoms with E-state index in [0.717, 1.165) is 64.8 Å². The summed E-state index contributed by atoms with van der Waals surface area (Å²) in [5.41, 5.74) is 3.85. The molecule has 2 aliphatic rings. The average molecular weight is 535 g/mol. The smallest absolute Gasteiger partial charge is 0.241 e. The number of sulfonamides is 1. The average Bonchev–Trinajstić information content (AvgIpc) is 3.54. The number of aryl methyl sites for hydroxylation is 3. The molecule has 0 amide bonds. The van der Waals surface area contributed by atoms with Gasteiger partial charge in [0.25, 0.3) is 0 Å². The van der Waals surface area contributed by atoms with Gasteiger partial charge in [0.15, 0.2) is 0 Å². The molecule has 1 unspecified atom stereocenters. The minimum Gasteiger partial charge on any atom is -0.351 e. The molecule has 200 valence electrons. The van der Waals surface area contributed by atoms with Gasteiger partial charge in [-0.25, -0.2) is 13.1 Å². The summed E-state index contributed by atoms with van der Waals surface area (Å²) in [5, 5.41) is 18.1. The van der Waals surface area contributed by atoms with E-state index in [-0.39, 0.29) is 12.0 Å². The van der Waals surface area contributed by atoms with Gasteiger partial charge in [0.05, 0.1) is 10.6 Å². The molecular formula is C27H34N8O2S. The van der Waals surface area contributed by atoms with Crippen LogP contribution < -0.4 is 10.0 Å². The summed E-state index contributed by atoms with van der Waals surface area (Å²) in [7, 11) is -1.85. The lowest BCUT2D eigenvalue weighted by Crippen LogP contribution is -2.33. The Kier molecular flexibility index (Phi) is 6.22. The molecule has 0 saturated heterocycles. The van der Waals surface area contributed by atoms with Crippen molar-refractivity contribution in [3.63, 3.8) is 0 Å². The lowest BCUT2D eigenvalue weighted by molar-refractivity contribution is 0.555. The van der Waals surface area contributed by atoms with Gasteiger partial charge < -0.3 is 5.32 Å². The van der Waals surface area contributed by atoms with Crippen LogP contribution in [0.3, 0.4) is 0 Å². The first kappa shape index (κ1) is 25.0. The third-order valence-electron chi connectivity index (χ3n) is 7.46. The molecule has 1 saturated carbocycles. The molecule has 1 atom stereocenters. The third kappa shape index (κ3) is 4.69. The Bertz CT molecular complexity index is 1620. The number of aromatic nitrogens is 6. The van der Waals surface area contributed by atoms with Crippen molar-refractivity contribution in [2.75, 3.05) is 11.9 Å². The molecule has 6 rings (SSSR count). The zero-order valence-corrected chi connectivity index (χ0v) is 23.1. The second-order valence-corrected chi connectivity index (χ2v) is 12.8. The second kappa shape index (κ2) is 9.46. The fourth-order valence-electron chi connectivity index (χ4n) is 5.39. The van der Waals surface area contributed by atoms with Crippen molar-refractivity contribution < 1.29 is 8.42 Å². The van der Waals surface area contributed by atoms with Gasteiger partial charge in [0.2, 0.25) is 16.0 Å². The van der Waals surface area contributed by atoms with Crippen LogP contribution in [0.25, 0.3) is 16.6 Å². The van der Waals surface area contributed by atoms with Crippen molar-refractivity contribution in [2.45, 2.75) is 69.7 Å². The van der Waals surface area contributed by atoms with E-state index in [0.29, 0.717) is 29.7 Å². The summed E-state index contributed by atoms with van der Waals surface area (Å²) in [6, 6.07) is 6.12. The van der Waals surface area contributed by atoms with Crippen LogP contribution in [0.1, 0.15) is 61.5 Å². The van der Waals surface area contributed by atoms with Crippen LogP contribution in [0.5, 0.6) is 0 Å². The van der Waals surface area contributed by atoms with Gasteiger partial charge in [0, 0.05) is 54.3 Å². The van der Waals surface area contributed by atoms with Crippen molar-refractivity contribution in [1.82, 2.24) is 34.3 Å². The molecule has 4 aromatic rings. The Morgan fingerprint density at radius 2 is 1.97 bits per heavy atom. The molecule has 38 heavy (non-hydrogen) atoms. The fourth-order valence-corrected chi connectivity index (χ4v) is 7.09. The number of nitrogens with zero attached hydrogens (tertiary/aromatic N) is 6. The second-order valence-electron chi connectivity index (χ2n) is 11.1. The van der Waals surface area contributed by atoms with Crippen molar-refractivity contribution in [2.24, 2.45) is 13.0 Å². The molecule has 11 heteroatoms. The van der Waals surface area contributed by atoms with Gasteiger partial charge in [-0.3, -0.25) is 14.2 Å². The standard InChI is InChI=1S/C27H34N8O2S/c1-16(2)13-30-38(36,37)26-22-11-21(31-27-32-29-15-35(27)25-9-17(3)33-34(25)4)8-7-19(22)10-20-14-28-24(12-23(20)26)18-5-6-18/h9-10,12,14-16,18,21,30H,5-8,11,13H2,1-4H3,(H,31,32). The minimum atomic E-state index is -3.74. The van der Waals surface area contributed by atoms with E-state index in [1.54, 1.807) is 11.0 Å². The monoisotopic (exact) mass is 534 g/mol. The van der Waals surface area contributed by atoms with Crippen LogP contribution in [0.15, 0.2) is 35.6 Å². The van der Waals surface area contributed by atoms with Gasteiger partial charge in [-0.1, -0.05) is 13.8 Å². The highest BCUT2D eigenvalue weighted by Crippen LogP contribution is 2.42. The minimum absolute atomic E-state index is 0.000938. The Hall–Kier alpha value is -3.31. The first-order valence-corrected chi connectivity index (χ1v) is 14.8.